The van der Waals surface area contributed by atoms with E-state index < -0.39 is 17.6 Å². The smallest absolute Gasteiger partial charge is 0.383 e. The molecule has 144 valence electrons. The Morgan fingerprint density at radius 1 is 1.07 bits per heavy atom. The van der Waals surface area contributed by atoms with Crippen molar-refractivity contribution in [1.82, 2.24) is 5.32 Å². The van der Waals surface area contributed by atoms with Gasteiger partial charge in [0.25, 0.3) is 5.91 Å². The minimum absolute atomic E-state index is 0.0913. The number of amides is 2. The number of hydrogen-bond acceptors (Lipinski definition) is 3. The first kappa shape index (κ1) is 20.4. The van der Waals surface area contributed by atoms with Gasteiger partial charge in [0.1, 0.15) is 0 Å². The summed E-state index contributed by atoms with van der Waals surface area (Å²) in [6, 6.07) is 10.7. The quantitative estimate of drug-likeness (QED) is 0.725. The third kappa shape index (κ3) is 6.41. The van der Waals surface area contributed by atoms with Gasteiger partial charge in [-0.25, -0.2) is 0 Å². The van der Waals surface area contributed by atoms with E-state index in [9.17, 15) is 22.8 Å². The van der Waals surface area contributed by atoms with Crippen LogP contribution >= 0.6 is 0 Å². The van der Waals surface area contributed by atoms with Crippen LogP contribution in [0.1, 0.15) is 21.5 Å². The van der Waals surface area contributed by atoms with Crippen molar-refractivity contribution in [2.45, 2.75) is 12.6 Å². The number of alkyl halides is 3. The molecule has 2 amide bonds. The molecule has 2 aromatic carbocycles. The molecule has 0 bridgehead atoms. The summed E-state index contributed by atoms with van der Waals surface area (Å²) in [5.41, 5.74) is 0.180. The summed E-state index contributed by atoms with van der Waals surface area (Å²) in [6.45, 7) is 0.840. The van der Waals surface area contributed by atoms with Gasteiger partial charge in [-0.1, -0.05) is 18.2 Å². The maximum Gasteiger partial charge on any atom is 0.416 e. The van der Waals surface area contributed by atoms with Gasteiger partial charge in [-0.15, -0.1) is 0 Å². The average molecular weight is 380 g/mol. The number of hydrogen-bond donors (Lipinski definition) is 2. The van der Waals surface area contributed by atoms with Crippen molar-refractivity contribution in [1.29, 1.82) is 0 Å². The molecule has 0 aliphatic heterocycles. The largest absolute Gasteiger partial charge is 0.416 e. The summed E-state index contributed by atoms with van der Waals surface area (Å²) in [5, 5.41) is 5.23. The molecular formula is C19H19F3N2O3. The number of benzene rings is 2. The highest BCUT2D eigenvalue weighted by molar-refractivity contribution is 6.04. The Hall–Kier alpha value is -2.87. The molecule has 0 atom stereocenters. The number of ether oxygens (including phenoxy) is 1. The highest BCUT2D eigenvalue weighted by atomic mass is 19.4. The molecule has 0 aromatic heterocycles. The van der Waals surface area contributed by atoms with Crippen molar-refractivity contribution in [2.24, 2.45) is 0 Å². The summed E-state index contributed by atoms with van der Waals surface area (Å²) in [4.78, 5) is 23.9. The number of rotatable bonds is 7. The Bertz CT molecular complexity index is 790. The normalized spacial score (nSPS) is 11.1. The maximum absolute atomic E-state index is 12.7. The first-order valence-electron chi connectivity index (χ1n) is 8.13. The van der Waals surface area contributed by atoms with Crippen LogP contribution in [0.3, 0.4) is 0 Å². The lowest BCUT2D eigenvalue weighted by Crippen LogP contribution is -2.28. The molecule has 0 fully saturated rings. The summed E-state index contributed by atoms with van der Waals surface area (Å²) in [6.07, 6.45) is -4.34. The highest BCUT2D eigenvalue weighted by Gasteiger charge is 2.30. The van der Waals surface area contributed by atoms with Crippen LogP contribution in [0.5, 0.6) is 0 Å². The maximum atomic E-state index is 12.7. The van der Waals surface area contributed by atoms with Gasteiger partial charge in [0.15, 0.2) is 0 Å². The first-order chi connectivity index (χ1) is 12.8. The Morgan fingerprint density at radius 3 is 2.41 bits per heavy atom. The van der Waals surface area contributed by atoms with Crippen LogP contribution in [-0.4, -0.2) is 32.1 Å². The number of nitrogens with one attached hydrogen (secondary N) is 2. The zero-order valence-electron chi connectivity index (χ0n) is 14.6. The zero-order chi connectivity index (χ0) is 19.9. The van der Waals surface area contributed by atoms with Crippen LogP contribution in [0, 0.1) is 0 Å². The minimum atomic E-state index is -4.51. The average Bonchev–Trinajstić information content (AvgIpc) is 2.63. The van der Waals surface area contributed by atoms with Crippen LogP contribution in [0.4, 0.5) is 18.9 Å². The van der Waals surface area contributed by atoms with Gasteiger partial charge >= 0.3 is 6.18 Å². The third-order valence-corrected chi connectivity index (χ3v) is 3.66. The molecule has 0 aliphatic rings. The standard InChI is InChI=1S/C19H19F3N2O3/c1-27-10-9-23-17(25)11-13-5-7-16(8-6-13)24-18(26)14-3-2-4-15(12-14)19(20,21)22/h2-8,12H,9-11H2,1H3,(H,23,25)(H,24,26). The minimum Gasteiger partial charge on any atom is -0.383 e. The monoisotopic (exact) mass is 380 g/mol. The Labute approximate surface area is 154 Å². The number of carbonyl (C=O) groups is 2. The van der Waals surface area contributed by atoms with E-state index in [4.69, 9.17) is 4.74 Å². The predicted molar refractivity (Wildman–Crippen MR) is 94.4 cm³/mol. The molecule has 2 N–H and O–H groups in total. The SMILES string of the molecule is COCCNC(=O)Cc1ccc(NC(=O)c2cccc(C(F)(F)F)c2)cc1. The molecule has 0 aliphatic carbocycles. The van der Waals surface area contributed by atoms with E-state index in [-0.39, 0.29) is 17.9 Å². The topological polar surface area (TPSA) is 67.4 Å². The zero-order valence-corrected chi connectivity index (χ0v) is 14.6. The van der Waals surface area contributed by atoms with E-state index in [1.807, 2.05) is 0 Å². The van der Waals surface area contributed by atoms with Crippen molar-refractivity contribution in [3.63, 3.8) is 0 Å². The van der Waals surface area contributed by atoms with Crippen LogP contribution in [-0.2, 0) is 22.1 Å². The van der Waals surface area contributed by atoms with Gasteiger partial charge in [-0.05, 0) is 35.9 Å². The Kier molecular flexibility index (Phi) is 6.95. The fourth-order valence-corrected chi connectivity index (χ4v) is 2.29. The number of methoxy groups -OCH3 is 1. The lowest BCUT2D eigenvalue weighted by Gasteiger charge is -2.10. The summed E-state index contributed by atoms with van der Waals surface area (Å²) < 4.78 is 43.0. The lowest BCUT2D eigenvalue weighted by molar-refractivity contribution is -0.137. The molecule has 0 saturated carbocycles. The molecule has 0 radical (unpaired) electrons. The van der Waals surface area contributed by atoms with Gasteiger partial charge in [-0.3, -0.25) is 9.59 Å². The molecule has 2 aromatic rings. The van der Waals surface area contributed by atoms with E-state index in [0.717, 1.165) is 17.7 Å². The second-order valence-corrected chi connectivity index (χ2v) is 5.75. The van der Waals surface area contributed by atoms with Crippen molar-refractivity contribution < 1.29 is 27.5 Å². The Balaban J connectivity index is 1.96. The van der Waals surface area contributed by atoms with Crippen molar-refractivity contribution in [3.05, 3.63) is 65.2 Å². The summed E-state index contributed by atoms with van der Waals surface area (Å²) in [7, 11) is 1.54. The number of carbonyl (C=O) groups excluding carboxylic acids is 2. The van der Waals surface area contributed by atoms with Gasteiger partial charge in [0.2, 0.25) is 5.91 Å². The van der Waals surface area contributed by atoms with Gasteiger partial charge in [0.05, 0.1) is 18.6 Å². The molecule has 0 saturated heterocycles. The number of halogens is 3. The third-order valence-electron chi connectivity index (χ3n) is 3.66. The van der Waals surface area contributed by atoms with Crippen molar-refractivity contribution in [2.75, 3.05) is 25.6 Å². The van der Waals surface area contributed by atoms with Crippen LogP contribution in [0.15, 0.2) is 48.5 Å². The molecule has 5 nitrogen and oxygen atoms in total. The molecule has 0 spiro atoms. The van der Waals surface area contributed by atoms with Crippen LogP contribution in [0.25, 0.3) is 0 Å². The summed E-state index contributed by atoms with van der Waals surface area (Å²) >= 11 is 0. The van der Waals surface area contributed by atoms with Crippen LogP contribution < -0.4 is 10.6 Å². The van der Waals surface area contributed by atoms with E-state index in [0.29, 0.717) is 18.8 Å². The molecule has 0 heterocycles. The van der Waals surface area contributed by atoms with E-state index in [2.05, 4.69) is 10.6 Å². The Morgan fingerprint density at radius 2 is 1.78 bits per heavy atom. The van der Waals surface area contributed by atoms with E-state index in [1.165, 1.54) is 12.1 Å². The number of anilines is 1. The van der Waals surface area contributed by atoms with Crippen LogP contribution in [0.2, 0.25) is 0 Å². The first-order valence-corrected chi connectivity index (χ1v) is 8.13. The van der Waals surface area contributed by atoms with Gasteiger partial charge < -0.3 is 15.4 Å². The molecule has 27 heavy (non-hydrogen) atoms. The van der Waals surface area contributed by atoms with Gasteiger partial charge in [0, 0.05) is 24.9 Å². The van der Waals surface area contributed by atoms with E-state index >= 15 is 0 Å². The summed E-state index contributed by atoms with van der Waals surface area (Å²) in [5.74, 6) is -0.807. The van der Waals surface area contributed by atoms with Crippen molar-refractivity contribution in [3.8, 4) is 0 Å². The molecule has 2 rings (SSSR count). The fraction of sp³-hybridized carbons (Fsp3) is 0.263. The van der Waals surface area contributed by atoms with E-state index in [1.54, 1.807) is 31.4 Å². The molecule has 8 heteroatoms. The lowest BCUT2D eigenvalue weighted by atomic mass is 10.1. The fourth-order valence-electron chi connectivity index (χ4n) is 2.29. The highest BCUT2D eigenvalue weighted by Crippen LogP contribution is 2.29. The van der Waals surface area contributed by atoms with Gasteiger partial charge in [-0.2, -0.15) is 13.2 Å². The second kappa shape index (κ2) is 9.18. The predicted octanol–water partition coefficient (Wildman–Crippen LogP) is 3.26. The molecular weight excluding hydrogens is 361 g/mol. The second-order valence-electron chi connectivity index (χ2n) is 5.75. The van der Waals surface area contributed by atoms with Crippen molar-refractivity contribution >= 4 is 17.5 Å². The molecule has 0 unspecified atom stereocenters.